The van der Waals surface area contributed by atoms with Crippen molar-refractivity contribution in [1.29, 1.82) is 0 Å². The van der Waals surface area contributed by atoms with E-state index in [9.17, 15) is 14.9 Å². The number of nitrogens with one attached hydrogen (secondary N) is 1. The first-order valence-corrected chi connectivity index (χ1v) is 10.0. The molecule has 1 aliphatic rings. The minimum Gasteiger partial charge on any atom is -0.306 e. The van der Waals surface area contributed by atoms with Crippen LogP contribution in [-0.4, -0.2) is 20.6 Å². The van der Waals surface area contributed by atoms with Gasteiger partial charge < -0.3 is 5.32 Å². The Kier molecular flexibility index (Phi) is 5.01. The van der Waals surface area contributed by atoms with Gasteiger partial charge in [-0.1, -0.05) is 23.2 Å². The van der Waals surface area contributed by atoms with Gasteiger partial charge in [0.15, 0.2) is 0 Å². The van der Waals surface area contributed by atoms with Crippen molar-refractivity contribution in [3.63, 3.8) is 0 Å². The molecule has 142 valence electrons. The Morgan fingerprint density at radius 2 is 1.93 bits per heavy atom. The van der Waals surface area contributed by atoms with Crippen molar-refractivity contribution in [3.8, 4) is 5.69 Å². The molecule has 7 nitrogen and oxygen atoms in total. The zero-order valence-corrected chi connectivity index (χ0v) is 16.5. The number of halogens is 2. The zero-order valence-electron chi connectivity index (χ0n) is 14.2. The average molecular weight is 435 g/mol. The molecule has 1 aromatic heterocycles. The minimum absolute atomic E-state index is 0.0270. The lowest BCUT2D eigenvalue weighted by molar-refractivity contribution is -0.384. The monoisotopic (exact) mass is 434 g/mol. The van der Waals surface area contributed by atoms with E-state index in [0.717, 1.165) is 28.8 Å². The summed E-state index contributed by atoms with van der Waals surface area (Å²) in [5, 5.41) is 19.2. The quantitative estimate of drug-likeness (QED) is 0.456. The average Bonchev–Trinajstić information content (AvgIpc) is 3.25. The normalized spacial score (nSPS) is 12.6. The van der Waals surface area contributed by atoms with Crippen LogP contribution in [0.3, 0.4) is 0 Å². The van der Waals surface area contributed by atoms with Crippen molar-refractivity contribution in [2.45, 2.75) is 11.5 Å². The van der Waals surface area contributed by atoms with Crippen LogP contribution in [0.4, 0.5) is 11.5 Å². The van der Waals surface area contributed by atoms with Gasteiger partial charge in [0, 0.05) is 34.2 Å². The van der Waals surface area contributed by atoms with Gasteiger partial charge in [0.1, 0.15) is 5.82 Å². The molecule has 0 bridgehead atoms. The van der Waals surface area contributed by atoms with Gasteiger partial charge in [0.25, 0.3) is 11.6 Å². The number of carbonyl (C=O) groups excluding carboxylic acids is 1. The van der Waals surface area contributed by atoms with Crippen molar-refractivity contribution in [1.82, 2.24) is 9.78 Å². The fourth-order valence-corrected chi connectivity index (χ4v) is 4.25. The summed E-state index contributed by atoms with van der Waals surface area (Å²) in [6, 6.07) is 10.8. The highest BCUT2D eigenvalue weighted by molar-refractivity contribution is 7.98. The largest absolute Gasteiger partial charge is 0.306 e. The SMILES string of the molecule is O=C(Nc1c2c(nn1-c1ccc(Cl)cc1)CSC2)c1cc([N+](=O)[O-])ccc1Cl. The van der Waals surface area contributed by atoms with Crippen LogP contribution in [0.2, 0.25) is 10.0 Å². The van der Waals surface area contributed by atoms with Crippen LogP contribution in [0.15, 0.2) is 42.5 Å². The van der Waals surface area contributed by atoms with Crippen LogP contribution >= 0.6 is 35.0 Å². The Balaban J connectivity index is 1.74. The Hall–Kier alpha value is -2.55. The van der Waals surface area contributed by atoms with E-state index < -0.39 is 10.8 Å². The van der Waals surface area contributed by atoms with Gasteiger partial charge in [-0.15, -0.1) is 0 Å². The first-order valence-electron chi connectivity index (χ1n) is 8.14. The van der Waals surface area contributed by atoms with E-state index >= 15 is 0 Å². The number of anilines is 1. The number of hydrogen-bond acceptors (Lipinski definition) is 5. The molecular formula is C18H12Cl2N4O3S. The summed E-state index contributed by atoms with van der Waals surface area (Å²) < 4.78 is 1.64. The summed E-state index contributed by atoms with van der Waals surface area (Å²) in [4.78, 5) is 23.3. The van der Waals surface area contributed by atoms with Crippen molar-refractivity contribution < 1.29 is 9.72 Å². The van der Waals surface area contributed by atoms with E-state index in [4.69, 9.17) is 23.2 Å². The fourth-order valence-electron chi connectivity index (χ4n) is 2.89. The topological polar surface area (TPSA) is 90.1 Å². The van der Waals surface area contributed by atoms with E-state index in [-0.39, 0.29) is 16.3 Å². The molecule has 2 heterocycles. The molecule has 1 N–H and O–H groups in total. The Morgan fingerprint density at radius 3 is 2.64 bits per heavy atom. The molecular weight excluding hydrogens is 423 g/mol. The number of nitrogens with zero attached hydrogens (tertiary/aromatic N) is 3. The highest BCUT2D eigenvalue weighted by atomic mass is 35.5. The van der Waals surface area contributed by atoms with Gasteiger partial charge >= 0.3 is 0 Å². The summed E-state index contributed by atoms with van der Waals surface area (Å²) in [5.41, 5.74) is 2.38. The van der Waals surface area contributed by atoms with Crippen molar-refractivity contribution in [2.75, 3.05) is 5.32 Å². The standard InChI is InChI=1S/C18H12Cl2N4O3S/c19-10-1-3-11(4-2-10)23-17(14-8-28-9-16(14)22-23)21-18(25)13-7-12(24(26)27)5-6-15(13)20/h1-7H,8-9H2,(H,21,25). The number of fused-ring (bicyclic) bond motifs is 1. The Labute approximate surface area is 173 Å². The summed E-state index contributed by atoms with van der Waals surface area (Å²) in [7, 11) is 0. The Morgan fingerprint density at radius 1 is 1.18 bits per heavy atom. The molecule has 0 unspecified atom stereocenters. The highest BCUT2D eigenvalue weighted by Gasteiger charge is 2.26. The molecule has 2 aromatic carbocycles. The predicted octanol–water partition coefficient (Wildman–Crippen LogP) is 5.09. The van der Waals surface area contributed by atoms with Gasteiger partial charge in [-0.2, -0.15) is 16.9 Å². The lowest BCUT2D eigenvalue weighted by Gasteiger charge is -2.12. The van der Waals surface area contributed by atoms with Crippen molar-refractivity contribution in [2.24, 2.45) is 0 Å². The number of nitro groups is 1. The van der Waals surface area contributed by atoms with Crippen LogP contribution < -0.4 is 5.32 Å². The van der Waals surface area contributed by atoms with Crippen LogP contribution in [0, 0.1) is 10.1 Å². The molecule has 3 aromatic rings. The molecule has 10 heteroatoms. The van der Waals surface area contributed by atoms with Crippen LogP contribution in [0.5, 0.6) is 0 Å². The Bertz CT molecular complexity index is 1100. The van der Waals surface area contributed by atoms with Crippen LogP contribution in [-0.2, 0) is 11.5 Å². The number of aromatic nitrogens is 2. The van der Waals surface area contributed by atoms with Crippen LogP contribution in [0.1, 0.15) is 21.6 Å². The minimum atomic E-state index is -0.570. The third-order valence-corrected chi connectivity index (χ3v) is 5.81. The second-order valence-electron chi connectivity index (χ2n) is 6.03. The molecule has 0 spiro atoms. The molecule has 1 amide bonds. The number of carbonyl (C=O) groups is 1. The molecule has 1 aliphatic heterocycles. The van der Waals surface area contributed by atoms with E-state index in [1.165, 1.54) is 12.1 Å². The van der Waals surface area contributed by atoms with E-state index in [0.29, 0.717) is 16.6 Å². The third-order valence-electron chi connectivity index (χ3n) is 4.26. The maximum Gasteiger partial charge on any atom is 0.270 e. The first kappa shape index (κ1) is 18.8. The number of non-ortho nitro benzene ring substituents is 1. The summed E-state index contributed by atoms with van der Waals surface area (Å²) >= 11 is 13.8. The predicted molar refractivity (Wildman–Crippen MR) is 110 cm³/mol. The van der Waals surface area contributed by atoms with E-state index in [1.54, 1.807) is 40.7 Å². The summed E-state index contributed by atoms with van der Waals surface area (Å²) in [5.74, 6) is 1.44. The molecule has 28 heavy (non-hydrogen) atoms. The van der Waals surface area contributed by atoms with Gasteiger partial charge in [-0.3, -0.25) is 14.9 Å². The van der Waals surface area contributed by atoms with Gasteiger partial charge in [0.05, 0.1) is 26.9 Å². The number of hydrogen-bond donors (Lipinski definition) is 1. The third kappa shape index (κ3) is 3.46. The summed E-state index contributed by atoms with van der Waals surface area (Å²) in [6.07, 6.45) is 0. The summed E-state index contributed by atoms with van der Waals surface area (Å²) in [6.45, 7) is 0. The molecule has 4 rings (SSSR count). The van der Waals surface area contributed by atoms with Crippen LogP contribution in [0.25, 0.3) is 5.69 Å². The number of amides is 1. The maximum absolute atomic E-state index is 12.9. The number of benzene rings is 2. The number of nitro benzene ring substituents is 1. The molecule has 0 saturated carbocycles. The second kappa shape index (κ2) is 7.46. The number of thioether (sulfide) groups is 1. The van der Waals surface area contributed by atoms with E-state index in [2.05, 4.69) is 10.4 Å². The van der Waals surface area contributed by atoms with Gasteiger partial charge in [0.2, 0.25) is 0 Å². The lowest BCUT2D eigenvalue weighted by atomic mass is 10.2. The van der Waals surface area contributed by atoms with Gasteiger partial charge in [-0.05, 0) is 30.3 Å². The van der Waals surface area contributed by atoms with Crippen molar-refractivity contribution >= 4 is 52.4 Å². The van der Waals surface area contributed by atoms with Gasteiger partial charge in [-0.25, -0.2) is 4.68 Å². The molecule has 0 fully saturated rings. The fraction of sp³-hybridized carbons (Fsp3) is 0.111. The van der Waals surface area contributed by atoms with E-state index in [1.807, 2.05) is 0 Å². The van der Waals surface area contributed by atoms with Crippen molar-refractivity contribution in [3.05, 3.63) is 79.4 Å². The smallest absolute Gasteiger partial charge is 0.270 e. The first-order chi connectivity index (χ1) is 13.4. The maximum atomic E-state index is 12.9. The molecule has 0 saturated heterocycles. The lowest BCUT2D eigenvalue weighted by Crippen LogP contribution is -2.17. The number of rotatable bonds is 4. The highest BCUT2D eigenvalue weighted by Crippen LogP contribution is 2.36. The zero-order chi connectivity index (χ0) is 19.8. The molecule has 0 aliphatic carbocycles. The molecule has 0 atom stereocenters. The second-order valence-corrected chi connectivity index (χ2v) is 7.86. The molecule has 0 radical (unpaired) electrons.